The Morgan fingerprint density at radius 3 is 2.41 bits per heavy atom. The molecular weight excluding hydrogens is 596 g/mol. The molecule has 8 nitrogen and oxygen atoms in total. The largest absolute Gasteiger partial charge is 0.493 e. The summed E-state index contributed by atoms with van der Waals surface area (Å²) in [5.74, 6) is 2.91. The van der Waals surface area contributed by atoms with Crippen molar-refractivity contribution in [3.63, 3.8) is 0 Å². The van der Waals surface area contributed by atoms with Gasteiger partial charge in [-0.3, -0.25) is 4.90 Å². The summed E-state index contributed by atoms with van der Waals surface area (Å²) in [6.45, 7) is 5.16. The van der Waals surface area contributed by atoms with Gasteiger partial charge in [0.2, 0.25) is 0 Å². The maximum Gasteiger partial charge on any atom is 0.161 e. The van der Waals surface area contributed by atoms with Gasteiger partial charge < -0.3 is 23.5 Å². The van der Waals surface area contributed by atoms with Crippen molar-refractivity contribution in [1.82, 2.24) is 14.5 Å². The molecule has 5 rings (SSSR count). The molecule has 0 amide bonds. The molecule has 1 aliphatic rings. The van der Waals surface area contributed by atoms with Gasteiger partial charge in [-0.25, -0.2) is 4.98 Å². The van der Waals surface area contributed by atoms with Gasteiger partial charge in [-0.05, 0) is 85.8 Å². The Morgan fingerprint density at radius 1 is 0.913 bits per heavy atom. The molecule has 3 aromatic carbocycles. The lowest BCUT2D eigenvalue weighted by atomic mass is 9.87. The van der Waals surface area contributed by atoms with Crippen LogP contribution < -0.4 is 18.9 Å². The van der Waals surface area contributed by atoms with E-state index in [1.807, 2.05) is 16.8 Å². The van der Waals surface area contributed by atoms with E-state index in [1.54, 1.807) is 45.6 Å². The average molecular weight is 641 g/mol. The highest BCUT2D eigenvalue weighted by molar-refractivity contribution is 8.00. The Morgan fingerprint density at radius 2 is 1.70 bits per heavy atom. The number of unbranched alkanes of at least 4 members (excludes halogenated alkanes) is 2. The molecule has 0 bridgehead atoms. The number of fused-ring (bicyclic) bond motifs is 1. The van der Waals surface area contributed by atoms with Crippen LogP contribution in [0.1, 0.15) is 54.0 Å². The zero-order chi connectivity index (χ0) is 32.3. The molecule has 4 aromatic rings. The quantitative estimate of drug-likeness (QED) is 0.0921. The van der Waals surface area contributed by atoms with E-state index in [0.29, 0.717) is 24.7 Å². The smallest absolute Gasteiger partial charge is 0.161 e. The van der Waals surface area contributed by atoms with Gasteiger partial charge in [0.25, 0.3) is 0 Å². The van der Waals surface area contributed by atoms with Gasteiger partial charge in [0.1, 0.15) is 6.61 Å². The van der Waals surface area contributed by atoms with Crippen LogP contribution in [-0.4, -0.2) is 60.7 Å². The van der Waals surface area contributed by atoms with Crippen molar-refractivity contribution >= 4 is 11.8 Å². The zero-order valence-corrected chi connectivity index (χ0v) is 28.1. The summed E-state index contributed by atoms with van der Waals surface area (Å²) >= 11 is 1.67. The number of hydrogen-bond donors (Lipinski definition) is 0. The fourth-order valence-electron chi connectivity index (χ4n) is 6.04. The molecular formula is C37H44N4O4S. The Hall–Kier alpha value is -4.13. The molecule has 242 valence electrons. The third-order valence-electron chi connectivity index (χ3n) is 8.50. The van der Waals surface area contributed by atoms with Gasteiger partial charge in [-0.2, -0.15) is 5.26 Å². The van der Waals surface area contributed by atoms with Gasteiger partial charge in [0, 0.05) is 23.8 Å². The second-order valence-electron chi connectivity index (χ2n) is 11.6. The van der Waals surface area contributed by atoms with Crippen molar-refractivity contribution in [2.24, 2.45) is 0 Å². The van der Waals surface area contributed by atoms with Gasteiger partial charge in [-0.1, -0.05) is 36.6 Å². The van der Waals surface area contributed by atoms with Crippen LogP contribution >= 0.6 is 11.8 Å². The Bertz CT molecular complexity index is 1590. The maximum absolute atomic E-state index is 9.78. The summed E-state index contributed by atoms with van der Waals surface area (Å²) in [5, 5.41) is 9.74. The molecule has 0 N–H and O–H groups in total. The predicted molar refractivity (Wildman–Crippen MR) is 182 cm³/mol. The first-order valence-corrected chi connectivity index (χ1v) is 16.8. The summed E-state index contributed by atoms with van der Waals surface area (Å²) in [6.07, 6.45) is 10.5. The molecule has 46 heavy (non-hydrogen) atoms. The number of methoxy groups -OCH3 is 3. The predicted octanol–water partition coefficient (Wildman–Crippen LogP) is 7.49. The summed E-state index contributed by atoms with van der Waals surface area (Å²) in [7, 11) is 5.04. The fourth-order valence-corrected chi connectivity index (χ4v) is 7.00. The highest BCUT2D eigenvalue weighted by atomic mass is 32.2. The van der Waals surface area contributed by atoms with Gasteiger partial charge in [0.15, 0.2) is 23.0 Å². The van der Waals surface area contributed by atoms with Crippen molar-refractivity contribution < 1.29 is 18.9 Å². The van der Waals surface area contributed by atoms with Crippen LogP contribution in [0.3, 0.4) is 0 Å². The minimum atomic E-state index is -0.0359. The van der Waals surface area contributed by atoms with Gasteiger partial charge >= 0.3 is 0 Å². The Balaban J connectivity index is 1.31. The number of hydrogen-bond acceptors (Lipinski definition) is 8. The molecule has 1 aliphatic heterocycles. The molecule has 0 aliphatic carbocycles. The van der Waals surface area contributed by atoms with Crippen LogP contribution in [0.4, 0.5) is 0 Å². The Kier molecular flexibility index (Phi) is 11.9. The van der Waals surface area contributed by atoms with Crippen molar-refractivity contribution in [3.05, 3.63) is 95.6 Å². The molecule has 2 unspecified atom stereocenters. The lowest BCUT2D eigenvalue weighted by Crippen LogP contribution is -2.37. The Labute approximate surface area is 277 Å². The molecule has 0 saturated heterocycles. The van der Waals surface area contributed by atoms with E-state index in [0.717, 1.165) is 67.2 Å². The molecule has 9 heteroatoms. The van der Waals surface area contributed by atoms with Crippen LogP contribution in [0.2, 0.25) is 0 Å². The van der Waals surface area contributed by atoms with Crippen LogP contribution in [0, 0.1) is 18.3 Å². The second kappa shape index (κ2) is 16.4. The summed E-state index contributed by atoms with van der Waals surface area (Å²) in [5.41, 5.74) is 4.86. The van der Waals surface area contributed by atoms with E-state index in [-0.39, 0.29) is 11.3 Å². The summed E-state index contributed by atoms with van der Waals surface area (Å²) < 4.78 is 25.3. The summed E-state index contributed by atoms with van der Waals surface area (Å²) in [4.78, 5) is 7.85. The molecule has 0 saturated carbocycles. The molecule has 2 atom stereocenters. The van der Waals surface area contributed by atoms with Crippen molar-refractivity contribution in [2.75, 3.05) is 41.0 Å². The molecule has 2 heterocycles. The van der Waals surface area contributed by atoms with E-state index in [4.69, 9.17) is 18.9 Å². The number of nitrogens with zero attached hydrogens (tertiary/aromatic N) is 4. The molecule has 0 spiro atoms. The number of rotatable bonds is 16. The van der Waals surface area contributed by atoms with Crippen LogP contribution in [0.5, 0.6) is 23.0 Å². The van der Waals surface area contributed by atoms with Crippen molar-refractivity contribution in [2.45, 2.75) is 61.8 Å². The topological polar surface area (TPSA) is 81.8 Å². The molecule has 1 aromatic heterocycles. The standard InChI is InChI=1S/C37H44N4O4S/c1-27-9-12-30(13-10-27)46-31(25-38)8-6-5-7-17-41-18-15-28-22-35(44-4)36(45-21-20-40-19-16-39-26-40)24-32(28)37(41)29-11-14-33(42-2)34(23-29)43-3/h9-14,16,19,22-24,26,31,37H,5-8,15,17-18,20-21H2,1-4H3. The van der Waals surface area contributed by atoms with E-state index in [2.05, 4.69) is 71.4 Å². The second-order valence-corrected chi connectivity index (χ2v) is 12.8. The fraction of sp³-hybridized carbons (Fsp3) is 0.405. The highest BCUT2D eigenvalue weighted by Gasteiger charge is 2.31. The van der Waals surface area contributed by atoms with Crippen LogP contribution in [0.25, 0.3) is 0 Å². The van der Waals surface area contributed by atoms with E-state index in [1.165, 1.54) is 16.7 Å². The van der Waals surface area contributed by atoms with Crippen LogP contribution in [-0.2, 0) is 13.0 Å². The number of nitriles is 1. The number of ether oxygens (including phenoxy) is 4. The number of benzene rings is 3. The van der Waals surface area contributed by atoms with Gasteiger partial charge in [0.05, 0.1) is 51.6 Å². The minimum absolute atomic E-state index is 0.0226. The van der Waals surface area contributed by atoms with E-state index in [9.17, 15) is 5.26 Å². The monoisotopic (exact) mass is 640 g/mol. The first-order valence-electron chi connectivity index (χ1n) is 15.9. The normalized spacial score (nSPS) is 15.1. The van der Waals surface area contributed by atoms with Crippen molar-refractivity contribution in [1.29, 1.82) is 5.26 Å². The number of thioether (sulfide) groups is 1. The average Bonchev–Trinajstić information content (AvgIpc) is 3.61. The first kappa shape index (κ1) is 33.2. The third-order valence-corrected chi connectivity index (χ3v) is 9.67. The van der Waals surface area contributed by atoms with Gasteiger partial charge in [-0.15, -0.1) is 11.8 Å². The SMILES string of the molecule is COc1ccc(C2c3cc(OCCn4ccnc4)c(OC)cc3CCN2CCCCCC(C#N)Sc2ccc(C)cc2)cc1OC. The third kappa shape index (κ3) is 8.36. The maximum atomic E-state index is 9.78. The first-order chi connectivity index (χ1) is 22.5. The van der Waals surface area contributed by atoms with Crippen molar-refractivity contribution in [3.8, 4) is 29.1 Å². The summed E-state index contributed by atoms with van der Waals surface area (Å²) in [6, 6.07) is 21.5. The highest BCUT2D eigenvalue weighted by Crippen LogP contribution is 2.43. The zero-order valence-electron chi connectivity index (χ0n) is 27.3. The lowest BCUT2D eigenvalue weighted by molar-refractivity contribution is 0.206. The molecule has 0 radical (unpaired) electrons. The van der Waals surface area contributed by atoms with E-state index >= 15 is 0 Å². The minimum Gasteiger partial charge on any atom is -0.493 e. The van der Waals surface area contributed by atoms with Crippen LogP contribution in [0.15, 0.2) is 78.2 Å². The molecule has 0 fully saturated rings. The number of imidazole rings is 1. The number of aryl methyl sites for hydroxylation is 1. The van der Waals surface area contributed by atoms with E-state index < -0.39 is 0 Å². The lowest BCUT2D eigenvalue weighted by Gasteiger charge is -2.38. The number of aromatic nitrogens is 2.